The second-order valence-corrected chi connectivity index (χ2v) is 11.4. The lowest BCUT2D eigenvalue weighted by Gasteiger charge is -2.20. The van der Waals surface area contributed by atoms with Gasteiger partial charge in [0.05, 0.1) is 0 Å². The average Bonchev–Trinajstić information content (AvgIpc) is 2.43. The Balaban J connectivity index is 3.23. The number of hydrogen-bond acceptors (Lipinski definition) is 9. The van der Waals surface area contributed by atoms with Crippen molar-refractivity contribution in [3.8, 4) is 0 Å². The van der Waals surface area contributed by atoms with Crippen molar-refractivity contribution < 1.29 is 43.1 Å². The molecule has 0 aliphatic rings. The highest BCUT2D eigenvalue weighted by atomic mass is 31.2. The number of anilines is 3. The molecule has 0 aromatic carbocycles. The zero-order valence-corrected chi connectivity index (χ0v) is 17.0. The lowest BCUT2D eigenvalue weighted by Crippen LogP contribution is -2.23. The molecule has 15 nitrogen and oxygen atoms in total. The number of nitrogens with zero attached hydrogens (tertiary/aromatic N) is 3. The first-order valence-electron chi connectivity index (χ1n) is 7.21. The maximum absolute atomic E-state index is 11.2. The summed E-state index contributed by atoms with van der Waals surface area (Å²) in [5, 5.41) is 6.88. The second-order valence-electron chi connectivity index (χ2n) is 5.53. The molecule has 0 saturated carbocycles. The molecule has 0 fully saturated rings. The summed E-state index contributed by atoms with van der Waals surface area (Å²) in [6.45, 7) is 3.42. The van der Waals surface area contributed by atoms with Crippen molar-refractivity contribution in [3.05, 3.63) is 0 Å². The van der Waals surface area contributed by atoms with E-state index in [0.29, 0.717) is 0 Å². The first-order chi connectivity index (χ1) is 12.0. The van der Waals surface area contributed by atoms with Gasteiger partial charge in [-0.25, -0.2) is 0 Å². The fourth-order valence-corrected chi connectivity index (χ4v) is 2.23. The molecule has 18 heteroatoms. The zero-order valence-electron chi connectivity index (χ0n) is 14.3. The largest absolute Gasteiger partial charge is 0.347 e. The van der Waals surface area contributed by atoms with E-state index in [1.165, 1.54) is 0 Å². The van der Waals surface area contributed by atoms with E-state index < -0.39 is 58.0 Å². The minimum Gasteiger partial charge on any atom is -0.340 e. The van der Waals surface area contributed by atoms with E-state index in [0.717, 1.165) is 20.8 Å². The molecule has 0 bridgehead atoms. The van der Waals surface area contributed by atoms with E-state index in [1.54, 1.807) is 0 Å². The van der Waals surface area contributed by atoms with Crippen molar-refractivity contribution in [1.82, 2.24) is 15.0 Å². The Kier molecular flexibility index (Phi) is 7.50. The molecule has 1 aromatic heterocycles. The van der Waals surface area contributed by atoms with Crippen molar-refractivity contribution in [2.45, 2.75) is 38.1 Å². The maximum Gasteiger partial charge on any atom is 0.347 e. The van der Waals surface area contributed by atoms with E-state index >= 15 is 0 Å². The Labute approximate surface area is 153 Å². The number of aromatic nitrogens is 3. The normalized spacial score (nSPS) is 16.3. The lowest BCUT2D eigenvalue weighted by atomic mass is 10.6. The van der Waals surface area contributed by atoms with Gasteiger partial charge in [0.2, 0.25) is 17.8 Å². The van der Waals surface area contributed by atoms with E-state index in [2.05, 4.69) is 30.9 Å². The van der Waals surface area contributed by atoms with Crippen LogP contribution in [0.5, 0.6) is 0 Å². The van der Waals surface area contributed by atoms with Crippen LogP contribution in [-0.2, 0) is 13.7 Å². The molecular formula is C9H21N6O9P3. The molecule has 0 spiro atoms. The predicted molar refractivity (Wildman–Crippen MR) is 95.2 cm³/mol. The highest BCUT2D eigenvalue weighted by molar-refractivity contribution is 7.53. The van der Waals surface area contributed by atoms with E-state index in [9.17, 15) is 13.7 Å². The molecule has 0 amide bonds. The predicted octanol–water partition coefficient (Wildman–Crippen LogP) is -0.322. The maximum atomic E-state index is 11.2. The standard InChI is InChI=1S/C9H21N6O9P3/c1-4(25(16,17)18)10-7-13-8(11-5(2)26(19,20)21)15-9(14-7)12-6(3)27(22,23)24/h4-6H,1-3H3,(H2,16,17,18)(H2,19,20,21)(H2,22,23,24)(H3,10,11,12,13,14,15). The third kappa shape index (κ3) is 7.78. The van der Waals surface area contributed by atoms with Gasteiger partial charge in [0, 0.05) is 0 Å². The van der Waals surface area contributed by atoms with Gasteiger partial charge >= 0.3 is 22.8 Å². The van der Waals surface area contributed by atoms with Crippen LogP contribution in [0, 0.1) is 0 Å². The van der Waals surface area contributed by atoms with Crippen molar-refractivity contribution in [2.24, 2.45) is 0 Å². The van der Waals surface area contributed by atoms with Gasteiger partial charge < -0.3 is 45.3 Å². The summed E-state index contributed by atoms with van der Waals surface area (Å²) in [4.78, 5) is 66.0. The summed E-state index contributed by atoms with van der Waals surface area (Å²) < 4.78 is 33.7. The van der Waals surface area contributed by atoms with Gasteiger partial charge in [-0.05, 0) is 20.8 Å². The van der Waals surface area contributed by atoms with Crippen LogP contribution in [0.3, 0.4) is 0 Å². The van der Waals surface area contributed by atoms with Gasteiger partial charge in [-0.3, -0.25) is 13.7 Å². The van der Waals surface area contributed by atoms with Crippen LogP contribution in [0.4, 0.5) is 17.8 Å². The summed E-state index contributed by atoms with van der Waals surface area (Å²) in [6.07, 6.45) is 0. The minimum absolute atomic E-state index is 0.401. The highest BCUT2D eigenvalue weighted by Crippen LogP contribution is 2.43. The van der Waals surface area contributed by atoms with Gasteiger partial charge in [0.15, 0.2) is 0 Å². The van der Waals surface area contributed by atoms with Gasteiger partial charge in [0.1, 0.15) is 17.3 Å². The SMILES string of the molecule is CC(Nc1nc(NC(C)P(=O)(O)O)nc(NC(C)P(=O)(O)O)n1)P(=O)(O)O. The molecule has 0 saturated heterocycles. The molecule has 1 heterocycles. The minimum atomic E-state index is -4.56. The van der Waals surface area contributed by atoms with Crippen LogP contribution in [0.2, 0.25) is 0 Å². The van der Waals surface area contributed by atoms with Crippen molar-refractivity contribution in [3.63, 3.8) is 0 Å². The lowest BCUT2D eigenvalue weighted by molar-refractivity contribution is 0.362. The summed E-state index contributed by atoms with van der Waals surface area (Å²) in [6, 6.07) is 0. The molecule has 0 aliphatic heterocycles. The van der Waals surface area contributed by atoms with Crippen molar-refractivity contribution >= 4 is 40.6 Å². The van der Waals surface area contributed by atoms with E-state index in [1.807, 2.05) is 0 Å². The first kappa shape index (κ1) is 23.9. The highest BCUT2D eigenvalue weighted by Gasteiger charge is 2.28. The van der Waals surface area contributed by atoms with Crippen LogP contribution in [-0.4, -0.2) is 61.7 Å². The Morgan fingerprint density at radius 3 is 0.926 bits per heavy atom. The molecular weight excluding hydrogens is 429 g/mol. The Morgan fingerprint density at radius 2 is 0.778 bits per heavy atom. The Morgan fingerprint density at radius 1 is 0.593 bits per heavy atom. The van der Waals surface area contributed by atoms with Gasteiger partial charge in [-0.1, -0.05) is 0 Å². The summed E-state index contributed by atoms with van der Waals surface area (Å²) >= 11 is 0. The smallest absolute Gasteiger partial charge is 0.340 e. The fourth-order valence-electron chi connectivity index (χ4n) is 1.38. The molecule has 1 rings (SSSR count). The van der Waals surface area contributed by atoms with Gasteiger partial charge in [0.25, 0.3) is 0 Å². The third-order valence-corrected chi connectivity index (χ3v) is 6.58. The van der Waals surface area contributed by atoms with Crippen molar-refractivity contribution in [1.29, 1.82) is 0 Å². The summed E-state index contributed by atoms with van der Waals surface area (Å²) in [5.41, 5.74) is 0. The van der Waals surface area contributed by atoms with Gasteiger partial charge in [-0.15, -0.1) is 0 Å². The first-order valence-corrected chi connectivity index (χ1v) is 12.3. The quantitative estimate of drug-likeness (QED) is 0.219. The van der Waals surface area contributed by atoms with Crippen LogP contribution in [0.1, 0.15) is 20.8 Å². The van der Waals surface area contributed by atoms with Crippen LogP contribution >= 0.6 is 22.8 Å². The summed E-state index contributed by atoms with van der Waals surface area (Å²) in [7, 11) is -13.7. The molecule has 3 unspecified atom stereocenters. The van der Waals surface area contributed by atoms with Crippen molar-refractivity contribution in [2.75, 3.05) is 16.0 Å². The molecule has 0 radical (unpaired) electrons. The molecule has 156 valence electrons. The van der Waals surface area contributed by atoms with Crippen LogP contribution in [0.25, 0.3) is 0 Å². The Bertz CT molecular complexity index is 689. The van der Waals surface area contributed by atoms with Crippen LogP contribution in [0.15, 0.2) is 0 Å². The Hall–Kier alpha value is -1.14. The molecule has 27 heavy (non-hydrogen) atoms. The fraction of sp³-hybridized carbons (Fsp3) is 0.667. The molecule has 1 aromatic rings. The van der Waals surface area contributed by atoms with E-state index in [4.69, 9.17) is 29.4 Å². The molecule has 0 aliphatic carbocycles. The average molecular weight is 450 g/mol. The van der Waals surface area contributed by atoms with Gasteiger partial charge in [-0.2, -0.15) is 15.0 Å². The molecule has 9 N–H and O–H groups in total. The monoisotopic (exact) mass is 450 g/mol. The number of nitrogens with one attached hydrogen (secondary N) is 3. The van der Waals surface area contributed by atoms with Crippen LogP contribution < -0.4 is 16.0 Å². The third-order valence-electron chi connectivity index (χ3n) is 3.16. The zero-order chi connectivity index (χ0) is 21.2. The molecule has 3 atom stereocenters. The number of rotatable bonds is 9. The van der Waals surface area contributed by atoms with E-state index in [-0.39, 0.29) is 0 Å². The number of hydrogen-bond donors (Lipinski definition) is 9. The second kappa shape index (κ2) is 8.48. The summed E-state index contributed by atoms with van der Waals surface area (Å²) in [5.74, 6) is -5.46. The topological polar surface area (TPSA) is 247 Å².